The Morgan fingerprint density at radius 3 is 2.33 bits per heavy atom. The van der Waals surface area contributed by atoms with Gasteiger partial charge in [-0.15, -0.1) is 0 Å². The Morgan fingerprint density at radius 2 is 1.86 bits per heavy atom. The Balaban J connectivity index is 2.70. The van der Waals surface area contributed by atoms with Crippen molar-refractivity contribution >= 4 is 0 Å². The fourth-order valence-corrected chi connectivity index (χ4v) is 3.54. The van der Waals surface area contributed by atoms with Gasteiger partial charge in [0.05, 0.1) is 6.61 Å². The highest BCUT2D eigenvalue weighted by molar-refractivity contribution is 4.90. The van der Waals surface area contributed by atoms with E-state index in [1.54, 1.807) is 0 Å². The van der Waals surface area contributed by atoms with Gasteiger partial charge in [0.15, 0.2) is 0 Å². The second-order valence-corrected chi connectivity index (χ2v) is 7.59. The molecule has 0 heterocycles. The van der Waals surface area contributed by atoms with E-state index in [9.17, 15) is 0 Å². The van der Waals surface area contributed by atoms with Crippen LogP contribution >= 0.6 is 0 Å². The van der Waals surface area contributed by atoms with E-state index in [2.05, 4.69) is 44.8 Å². The van der Waals surface area contributed by atoms with Crippen LogP contribution in [-0.4, -0.2) is 50.3 Å². The summed E-state index contributed by atoms with van der Waals surface area (Å²) in [6.45, 7) is 15.8. The maximum Gasteiger partial charge on any atom is 0.0615 e. The van der Waals surface area contributed by atoms with Crippen LogP contribution in [0.4, 0.5) is 0 Å². The van der Waals surface area contributed by atoms with Crippen molar-refractivity contribution in [3.05, 3.63) is 0 Å². The molecule has 1 aliphatic rings. The quantitative estimate of drug-likeness (QED) is 0.704. The van der Waals surface area contributed by atoms with Crippen molar-refractivity contribution in [2.45, 2.75) is 72.4 Å². The molecule has 1 fully saturated rings. The number of nitrogens with zero attached hydrogens (tertiary/aromatic N) is 1. The van der Waals surface area contributed by atoms with Crippen molar-refractivity contribution in [1.82, 2.24) is 10.2 Å². The second kappa shape index (κ2) is 9.12. The van der Waals surface area contributed by atoms with Crippen LogP contribution in [0.25, 0.3) is 0 Å². The third-order valence-electron chi connectivity index (χ3n) is 5.20. The summed E-state index contributed by atoms with van der Waals surface area (Å²) in [5.41, 5.74) is 0.453. The van der Waals surface area contributed by atoms with E-state index < -0.39 is 0 Å². The maximum absolute atomic E-state index is 5.37. The zero-order valence-corrected chi connectivity index (χ0v) is 15.2. The van der Waals surface area contributed by atoms with E-state index in [4.69, 9.17) is 4.74 Å². The standard InChI is InChI=1S/C18H38N2O/c1-7-20(17(5)12-21-6)14-18(13-19-15(2)3)10-8-16(4)9-11-18/h15-17,19H,7-14H2,1-6H3. The van der Waals surface area contributed by atoms with Crippen molar-refractivity contribution in [3.63, 3.8) is 0 Å². The molecular weight excluding hydrogens is 260 g/mol. The van der Waals surface area contributed by atoms with Crippen molar-refractivity contribution in [1.29, 1.82) is 0 Å². The van der Waals surface area contributed by atoms with Gasteiger partial charge in [0.1, 0.15) is 0 Å². The summed E-state index contributed by atoms with van der Waals surface area (Å²) >= 11 is 0. The molecule has 1 rings (SSSR count). The molecule has 0 aliphatic heterocycles. The summed E-state index contributed by atoms with van der Waals surface area (Å²) in [4.78, 5) is 2.61. The number of rotatable bonds is 9. The number of hydrogen-bond acceptors (Lipinski definition) is 3. The van der Waals surface area contributed by atoms with Crippen molar-refractivity contribution in [2.24, 2.45) is 11.3 Å². The van der Waals surface area contributed by atoms with Gasteiger partial charge in [-0.1, -0.05) is 40.5 Å². The average Bonchev–Trinajstić information content (AvgIpc) is 2.46. The predicted molar refractivity (Wildman–Crippen MR) is 91.8 cm³/mol. The lowest BCUT2D eigenvalue weighted by Crippen LogP contribution is -2.50. The Labute approximate surface area is 132 Å². The highest BCUT2D eigenvalue weighted by Gasteiger charge is 2.36. The molecule has 3 nitrogen and oxygen atoms in total. The average molecular weight is 299 g/mol. The largest absolute Gasteiger partial charge is 0.383 e. The van der Waals surface area contributed by atoms with E-state index in [0.29, 0.717) is 17.5 Å². The minimum absolute atomic E-state index is 0.453. The molecule has 0 saturated heterocycles. The number of ether oxygens (including phenoxy) is 1. The smallest absolute Gasteiger partial charge is 0.0615 e. The van der Waals surface area contributed by atoms with Gasteiger partial charge in [0.2, 0.25) is 0 Å². The maximum atomic E-state index is 5.37. The molecule has 0 amide bonds. The van der Waals surface area contributed by atoms with E-state index in [0.717, 1.165) is 25.6 Å². The van der Waals surface area contributed by atoms with Crippen molar-refractivity contribution < 1.29 is 4.74 Å². The van der Waals surface area contributed by atoms with Crippen molar-refractivity contribution in [2.75, 3.05) is 33.4 Å². The van der Waals surface area contributed by atoms with Gasteiger partial charge in [-0.3, -0.25) is 4.90 Å². The molecule has 0 aromatic heterocycles. The summed E-state index contributed by atoms with van der Waals surface area (Å²) in [5.74, 6) is 0.906. The van der Waals surface area contributed by atoms with Crippen LogP contribution < -0.4 is 5.32 Å². The van der Waals surface area contributed by atoms with Crippen LogP contribution in [0.5, 0.6) is 0 Å². The first-order valence-electron chi connectivity index (χ1n) is 8.89. The Morgan fingerprint density at radius 1 is 1.24 bits per heavy atom. The molecule has 0 aromatic rings. The normalized spacial score (nSPS) is 28.3. The highest BCUT2D eigenvalue weighted by Crippen LogP contribution is 2.39. The van der Waals surface area contributed by atoms with Gasteiger partial charge in [0, 0.05) is 32.3 Å². The zero-order valence-electron chi connectivity index (χ0n) is 15.2. The number of nitrogens with one attached hydrogen (secondary N) is 1. The predicted octanol–water partition coefficient (Wildman–Crippen LogP) is 3.54. The summed E-state index contributed by atoms with van der Waals surface area (Å²) in [5, 5.41) is 3.71. The summed E-state index contributed by atoms with van der Waals surface area (Å²) < 4.78 is 5.37. The van der Waals surface area contributed by atoms with E-state index >= 15 is 0 Å². The SMILES string of the molecule is CCN(CC1(CNC(C)C)CCC(C)CC1)C(C)COC. The second-order valence-electron chi connectivity index (χ2n) is 7.59. The number of likely N-dealkylation sites (N-methyl/N-ethyl adjacent to an activating group) is 1. The van der Waals surface area contributed by atoms with Crippen LogP contribution in [0.15, 0.2) is 0 Å². The summed E-state index contributed by atoms with van der Waals surface area (Å²) in [7, 11) is 1.81. The first-order valence-corrected chi connectivity index (χ1v) is 8.89. The summed E-state index contributed by atoms with van der Waals surface area (Å²) in [6, 6.07) is 1.09. The van der Waals surface area contributed by atoms with Crippen LogP contribution in [0.3, 0.4) is 0 Å². The molecule has 1 unspecified atom stereocenters. The molecule has 1 saturated carbocycles. The Bertz CT molecular complexity index is 272. The lowest BCUT2D eigenvalue weighted by molar-refractivity contribution is 0.0403. The monoisotopic (exact) mass is 298 g/mol. The molecule has 1 aliphatic carbocycles. The van der Waals surface area contributed by atoms with Crippen LogP contribution in [-0.2, 0) is 4.74 Å². The lowest BCUT2D eigenvalue weighted by atomic mass is 9.70. The van der Waals surface area contributed by atoms with Gasteiger partial charge < -0.3 is 10.1 Å². The zero-order chi connectivity index (χ0) is 15.9. The molecular formula is C18H38N2O. The van der Waals surface area contributed by atoms with E-state index in [1.165, 1.54) is 32.2 Å². The Kier molecular flexibility index (Phi) is 8.22. The van der Waals surface area contributed by atoms with Gasteiger partial charge in [-0.25, -0.2) is 0 Å². The first-order chi connectivity index (χ1) is 9.92. The Hall–Kier alpha value is -0.120. The van der Waals surface area contributed by atoms with Crippen LogP contribution in [0.2, 0.25) is 0 Å². The molecule has 0 aromatic carbocycles. The fourth-order valence-electron chi connectivity index (χ4n) is 3.54. The molecule has 0 spiro atoms. The molecule has 21 heavy (non-hydrogen) atoms. The van der Waals surface area contributed by atoms with Crippen molar-refractivity contribution in [3.8, 4) is 0 Å². The fraction of sp³-hybridized carbons (Fsp3) is 1.00. The summed E-state index contributed by atoms with van der Waals surface area (Å²) in [6.07, 6.45) is 5.50. The molecule has 0 radical (unpaired) electrons. The van der Waals surface area contributed by atoms with Gasteiger partial charge in [-0.2, -0.15) is 0 Å². The number of methoxy groups -OCH3 is 1. The number of hydrogen-bond donors (Lipinski definition) is 1. The van der Waals surface area contributed by atoms with E-state index in [-0.39, 0.29) is 0 Å². The van der Waals surface area contributed by atoms with Gasteiger partial charge in [0.25, 0.3) is 0 Å². The molecule has 1 atom stereocenters. The minimum Gasteiger partial charge on any atom is -0.383 e. The van der Waals surface area contributed by atoms with Gasteiger partial charge in [-0.05, 0) is 37.6 Å². The topological polar surface area (TPSA) is 24.5 Å². The molecule has 1 N–H and O–H groups in total. The third kappa shape index (κ3) is 6.25. The first kappa shape index (κ1) is 18.9. The molecule has 3 heteroatoms. The minimum atomic E-state index is 0.453. The van der Waals surface area contributed by atoms with Crippen LogP contribution in [0, 0.1) is 11.3 Å². The van der Waals surface area contributed by atoms with Crippen LogP contribution in [0.1, 0.15) is 60.3 Å². The molecule has 126 valence electrons. The molecule has 0 bridgehead atoms. The highest BCUT2D eigenvalue weighted by atomic mass is 16.5. The third-order valence-corrected chi connectivity index (χ3v) is 5.20. The lowest BCUT2D eigenvalue weighted by Gasteiger charge is -2.44. The van der Waals surface area contributed by atoms with E-state index in [1.807, 2.05) is 7.11 Å². The van der Waals surface area contributed by atoms with Gasteiger partial charge >= 0.3 is 0 Å².